The van der Waals surface area contributed by atoms with Crippen LogP contribution in [0.1, 0.15) is 46.0 Å². The Balaban J connectivity index is 1.57. The molecule has 4 atom stereocenters. The van der Waals surface area contributed by atoms with E-state index in [4.69, 9.17) is 0 Å². The van der Waals surface area contributed by atoms with Crippen molar-refractivity contribution in [3.8, 4) is 0 Å². The van der Waals surface area contributed by atoms with Gasteiger partial charge in [-0.05, 0) is 44.9 Å². The van der Waals surface area contributed by atoms with Gasteiger partial charge in [-0.2, -0.15) is 0 Å². The number of carbonyl (C=O) groups excluding carboxylic acids is 2. The Morgan fingerprint density at radius 2 is 1.64 bits per heavy atom. The first kappa shape index (κ1) is 15.8. The number of piperidine rings is 1. The SMILES string of the molecule is CC(C)[NH+]1CCC(NC(=O)[C@H]2[C@H]3CC[C@@H](C3)[C@@H]2C(=O)[O-])CC1. The third-order valence-electron chi connectivity index (χ3n) is 6.28. The molecule has 1 aliphatic heterocycles. The average molecular weight is 308 g/mol. The van der Waals surface area contributed by atoms with Crippen molar-refractivity contribution in [1.29, 1.82) is 0 Å². The number of hydrogen-bond donors (Lipinski definition) is 2. The smallest absolute Gasteiger partial charge is 0.224 e. The number of carbonyl (C=O) groups is 2. The quantitative estimate of drug-likeness (QED) is 0.697. The molecule has 2 bridgehead atoms. The van der Waals surface area contributed by atoms with E-state index >= 15 is 0 Å². The van der Waals surface area contributed by atoms with Crippen LogP contribution in [-0.2, 0) is 9.59 Å². The van der Waals surface area contributed by atoms with Gasteiger partial charge in [-0.25, -0.2) is 0 Å². The number of nitrogens with one attached hydrogen (secondary N) is 2. The lowest BCUT2D eigenvalue weighted by Gasteiger charge is -2.35. The van der Waals surface area contributed by atoms with Crippen molar-refractivity contribution in [3.05, 3.63) is 0 Å². The second-order valence-electron chi connectivity index (χ2n) is 7.80. The topological polar surface area (TPSA) is 73.7 Å². The van der Waals surface area contributed by atoms with E-state index in [2.05, 4.69) is 19.2 Å². The Bertz CT molecular complexity index is 443. The molecule has 3 aliphatic rings. The predicted molar refractivity (Wildman–Crippen MR) is 79.8 cm³/mol. The van der Waals surface area contributed by atoms with Crippen LogP contribution in [-0.4, -0.2) is 37.0 Å². The maximum absolute atomic E-state index is 12.6. The van der Waals surface area contributed by atoms with Crippen molar-refractivity contribution in [2.75, 3.05) is 13.1 Å². The summed E-state index contributed by atoms with van der Waals surface area (Å²) in [6, 6.07) is 0.848. The fourth-order valence-electron chi connectivity index (χ4n) is 5.02. The van der Waals surface area contributed by atoms with Crippen molar-refractivity contribution < 1.29 is 19.6 Å². The van der Waals surface area contributed by atoms with Crippen LogP contribution < -0.4 is 15.3 Å². The van der Waals surface area contributed by atoms with Gasteiger partial charge in [0.05, 0.1) is 19.1 Å². The van der Waals surface area contributed by atoms with Gasteiger partial charge in [0.25, 0.3) is 0 Å². The van der Waals surface area contributed by atoms with E-state index in [0.717, 1.165) is 45.2 Å². The van der Waals surface area contributed by atoms with Crippen molar-refractivity contribution in [2.24, 2.45) is 23.7 Å². The van der Waals surface area contributed by atoms with Gasteiger partial charge >= 0.3 is 0 Å². The molecule has 2 aliphatic carbocycles. The van der Waals surface area contributed by atoms with Crippen molar-refractivity contribution in [2.45, 2.75) is 58.0 Å². The van der Waals surface area contributed by atoms with Crippen LogP contribution in [0.2, 0.25) is 0 Å². The molecule has 1 saturated heterocycles. The van der Waals surface area contributed by atoms with E-state index in [1.165, 1.54) is 0 Å². The number of quaternary nitrogens is 1. The van der Waals surface area contributed by atoms with Crippen LogP contribution in [0.5, 0.6) is 0 Å². The maximum atomic E-state index is 12.6. The number of fused-ring (bicyclic) bond motifs is 2. The van der Waals surface area contributed by atoms with Crippen molar-refractivity contribution >= 4 is 11.9 Å². The second kappa shape index (κ2) is 6.19. The second-order valence-corrected chi connectivity index (χ2v) is 7.80. The third-order valence-corrected chi connectivity index (χ3v) is 6.28. The molecule has 0 aromatic rings. The van der Waals surface area contributed by atoms with Crippen molar-refractivity contribution in [1.82, 2.24) is 5.32 Å². The van der Waals surface area contributed by atoms with Crippen molar-refractivity contribution in [3.63, 3.8) is 0 Å². The number of rotatable bonds is 4. The molecule has 0 spiro atoms. The first-order valence-corrected chi connectivity index (χ1v) is 8.83. The normalized spacial score (nSPS) is 40.9. The molecular formula is C17H28N2O3. The fourth-order valence-corrected chi connectivity index (χ4v) is 5.02. The summed E-state index contributed by atoms with van der Waals surface area (Å²) in [5.41, 5.74) is 0. The van der Waals surface area contributed by atoms with E-state index in [1.807, 2.05) is 0 Å². The van der Waals surface area contributed by atoms with Crippen LogP contribution in [0.25, 0.3) is 0 Å². The first-order valence-electron chi connectivity index (χ1n) is 8.83. The van der Waals surface area contributed by atoms with E-state index in [-0.39, 0.29) is 29.7 Å². The van der Waals surface area contributed by atoms with E-state index in [1.54, 1.807) is 4.90 Å². The Hall–Kier alpha value is -1.10. The highest BCUT2D eigenvalue weighted by atomic mass is 16.4. The summed E-state index contributed by atoms with van der Waals surface area (Å²) in [6.45, 7) is 6.63. The molecular weight excluding hydrogens is 280 g/mol. The zero-order chi connectivity index (χ0) is 15.9. The summed E-state index contributed by atoms with van der Waals surface area (Å²) in [4.78, 5) is 25.6. The van der Waals surface area contributed by atoms with E-state index in [0.29, 0.717) is 6.04 Å². The Kier molecular flexibility index (Phi) is 4.44. The highest BCUT2D eigenvalue weighted by molar-refractivity contribution is 5.85. The largest absolute Gasteiger partial charge is 0.550 e. The molecule has 1 amide bonds. The summed E-state index contributed by atoms with van der Waals surface area (Å²) in [5, 5.41) is 14.6. The average Bonchev–Trinajstić information content (AvgIpc) is 3.08. The fraction of sp³-hybridized carbons (Fsp3) is 0.882. The summed E-state index contributed by atoms with van der Waals surface area (Å²) in [7, 11) is 0. The standard InChI is InChI=1S/C17H28N2O3/c1-10(2)19-7-5-13(6-8-19)18-16(20)14-11-3-4-12(9-11)15(14)17(21)22/h10-15H,3-9H2,1-2H3,(H,18,20)(H,21,22)/t11-,12-,14-,15-/m0/s1. The monoisotopic (exact) mass is 308 g/mol. The van der Waals surface area contributed by atoms with Gasteiger partial charge < -0.3 is 20.1 Å². The molecule has 0 radical (unpaired) electrons. The van der Waals surface area contributed by atoms with Gasteiger partial charge in [0.2, 0.25) is 5.91 Å². The molecule has 124 valence electrons. The van der Waals surface area contributed by atoms with Gasteiger partial charge in [0.1, 0.15) is 0 Å². The molecule has 3 fully saturated rings. The number of carboxylic acids is 1. The van der Waals surface area contributed by atoms with Crippen LogP contribution in [0.3, 0.4) is 0 Å². The predicted octanol–water partition coefficient (Wildman–Crippen LogP) is -1.03. The van der Waals surface area contributed by atoms with E-state index in [9.17, 15) is 14.7 Å². The molecule has 3 rings (SSSR count). The molecule has 5 nitrogen and oxygen atoms in total. The molecule has 2 saturated carbocycles. The van der Waals surface area contributed by atoms with Crippen LogP contribution in [0, 0.1) is 23.7 Å². The van der Waals surface area contributed by atoms with Gasteiger partial charge in [-0.15, -0.1) is 0 Å². The van der Waals surface area contributed by atoms with Crippen LogP contribution in [0.15, 0.2) is 0 Å². The summed E-state index contributed by atoms with van der Waals surface area (Å²) < 4.78 is 0. The Morgan fingerprint density at radius 1 is 1.05 bits per heavy atom. The van der Waals surface area contributed by atoms with Gasteiger partial charge in [-0.3, -0.25) is 4.79 Å². The lowest BCUT2D eigenvalue weighted by molar-refractivity contribution is -0.926. The molecule has 1 heterocycles. The zero-order valence-corrected chi connectivity index (χ0v) is 13.6. The third kappa shape index (κ3) is 2.87. The minimum absolute atomic E-state index is 0.0283. The van der Waals surface area contributed by atoms with E-state index < -0.39 is 11.9 Å². The van der Waals surface area contributed by atoms with Gasteiger partial charge in [-0.1, -0.05) is 0 Å². The summed E-state index contributed by atoms with van der Waals surface area (Å²) in [5.74, 6) is -1.53. The number of amides is 1. The number of likely N-dealkylation sites (tertiary alicyclic amines) is 1. The maximum Gasteiger partial charge on any atom is 0.224 e. The summed E-state index contributed by atoms with van der Waals surface area (Å²) in [6.07, 6.45) is 4.84. The molecule has 2 N–H and O–H groups in total. The first-order chi connectivity index (χ1) is 10.5. The number of aliphatic carboxylic acids is 1. The highest BCUT2D eigenvalue weighted by Gasteiger charge is 2.51. The molecule has 22 heavy (non-hydrogen) atoms. The molecule has 0 unspecified atom stereocenters. The molecule has 0 aromatic heterocycles. The lowest BCUT2D eigenvalue weighted by atomic mass is 9.78. The Morgan fingerprint density at radius 3 is 2.18 bits per heavy atom. The molecule has 0 aromatic carbocycles. The van der Waals surface area contributed by atoms with Gasteiger partial charge in [0, 0.05) is 36.7 Å². The van der Waals surface area contributed by atoms with Crippen LogP contribution in [0.4, 0.5) is 0 Å². The number of carboxylic acid groups (broad SMARTS) is 1. The van der Waals surface area contributed by atoms with Gasteiger partial charge in [0.15, 0.2) is 0 Å². The molecule has 5 heteroatoms. The minimum atomic E-state index is -1.02. The summed E-state index contributed by atoms with van der Waals surface area (Å²) >= 11 is 0. The highest BCUT2D eigenvalue weighted by Crippen LogP contribution is 2.52. The van der Waals surface area contributed by atoms with Crippen LogP contribution >= 0.6 is 0 Å². The minimum Gasteiger partial charge on any atom is -0.550 e. The lowest BCUT2D eigenvalue weighted by Crippen LogP contribution is -3.16. The zero-order valence-electron chi connectivity index (χ0n) is 13.6. The number of hydrogen-bond acceptors (Lipinski definition) is 3. The Labute approximate surface area is 132 Å².